The highest BCUT2D eigenvalue weighted by Gasteiger charge is 2.18. The SMILES string of the molecule is Cc1cc(C)cc(C(=O)Nc2ccc3c(c2F)CCNC3)c1. The molecular weight excluding hydrogens is 279 g/mol. The summed E-state index contributed by atoms with van der Waals surface area (Å²) in [6, 6.07) is 9.14. The molecule has 0 bridgehead atoms. The summed E-state index contributed by atoms with van der Waals surface area (Å²) >= 11 is 0. The number of nitrogens with one attached hydrogen (secondary N) is 2. The van der Waals surface area contributed by atoms with Crippen LogP contribution in [-0.4, -0.2) is 12.5 Å². The normalized spacial score (nSPS) is 13.6. The van der Waals surface area contributed by atoms with Gasteiger partial charge in [0.1, 0.15) is 5.82 Å². The molecule has 1 aliphatic rings. The van der Waals surface area contributed by atoms with Gasteiger partial charge in [-0.05, 0) is 56.1 Å². The van der Waals surface area contributed by atoms with E-state index in [1.807, 2.05) is 38.1 Å². The highest BCUT2D eigenvalue weighted by molar-refractivity contribution is 6.04. The fourth-order valence-electron chi connectivity index (χ4n) is 2.93. The van der Waals surface area contributed by atoms with Crippen molar-refractivity contribution in [1.82, 2.24) is 5.32 Å². The third-order valence-electron chi connectivity index (χ3n) is 3.94. The molecule has 0 radical (unpaired) electrons. The maximum Gasteiger partial charge on any atom is 0.255 e. The van der Waals surface area contributed by atoms with Gasteiger partial charge < -0.3 is 10.6 Å². The van der Waals surface area contributed by atoms with E-state index in [4.69, 9.17) is 0 Å². The van der Waals surface area contributed by atoms with Crippen molar-refractivity contribution in [3.8, 4) is 0 Å². The van der Waals surface area contributed by atoms with Gasteiger partial charge >= 0.3 is 0 Å². The molecule has 4 heteroatoms. The lowest BCUT2D eigenvalue weighted by molar-refractivity contribution is 0.102. The Morgan fingerprint density at radius 3 is 2.64 bits per heavy atom. The van der Waals surface area contributed by atoms with Crippen LogP contribution in [0.2, 0.25) is 0 Å². The fraction of sp³-hybridized carbons (Fsp3) is 0.278. The monoisotopic (exact) mass is 298 g/mol. The molecule has 0 saturated heterocycles. The Balaban J connectivity index is 1.88. The van der Waals surface area contributed by atoms with Gasteiger partial charge in [0.2, 0.25) is 0 Å². The molecule has 3 nitrogen and oxygen atoms in total. The number of rotatable bonds is 2. The molecule has 0 spiro atoms. The zero-order valence-corrected chi connectivity index (χ0v) is 12.8. The first-order chi connectivity index (χ1) is 10.5. The average molecular weight is 298 g/mol. The highest BCUT2D eigenvalue weighted by atomic mass is 19.1. The zero-order valence-electron chi connectivity index (χ0n) is 12.8. The smallest absolute Gasteiger partial charge is 0.255 e. The maximum absolute atomic E-state index is 14.5. The van der Waals surface area contributed by atoms with Gasteiger partial charge in [-0.3, -0.25) is 4.79 Å². The molecule has 0 fully saturated rings. The minimum atomic E-state index is -0.309. The lowest BCUT2D eigenvalue weighted by atomic mass is 9.99. The van der Waals surface area contributed by atoms with Crippen LogP contribution in [0.1, 0.15) is 32.6 Å². The molecule has 114 valence electrons. The minimum absolute atomic E-state index is 0.254. The van der Waals surface area contributed by atoms with Crippen molar-refractivity contribution in [3.05, 3.63) is 64.0 Å². The van der Waals surface area contributed by atoms with E-state index in [-0.39, 0.29) is 17.4 Å². The minimum Gasteiger partial charge on any atom is -0.319 e. The number of aryl methyl sites for hydroxylation is 2. The van der Waals surface area contributed by atoms with E-state index in [0.717, 1.165) is 23.2 Å². The number of anilines is 1. The van der Waals surface area contributed by atoms with E-state index in [2.05, 4.69) is 10.6 Å². The van der Waals surface area contributed by atoms with Crippen LogP contribution < -0.4 is 10.6 Å². The number of hydrogen-bond donors (Lipinski definition) is 2. The zero-order chi connectivity index (χ0) is 15.7. The molecule has 0 aliphatic carbocycles. The first-order valence-corrected chi connectivity index (χ1v) is 7.45. The first kappa shape index (κ1) is 14.7. The van der Waals surface area contributed by atoms with Gasteiger partial charge in [0.25, 0.3) is 5.91 Å². The topological polar surface area (TPSA) is 41.1 Å². The van der Waals surface area contributed by atoms with Gasteiger partial charge in [-0.15, -0.1) is 0 Å². The molecule has 22 heavy (non-hydrogen) atoms. The number of hydrogen-bond acceptors (Lipinski definition) is 2. The van der Waals surface area contributed by atoms with Crippen LogP contribution in [0, 0.1) is 19.7 Å². The number of benzene rings is 2. The Labute approximate surface area is 129 Å². The predicted octanol–water partition coefficient (Wildman–Crippen LogP) is 3.34. The summed E-state index contributed by atoms with van der Waals surface area (Å²) in [4.78, 5) is 12.3. The van der Waals surface area contributed by atoms with Crippen molar-refractivity contribution in [1.29, 1.82) is 0 Å². The van der Waals surface area contributed by atoms with E-state index in [0.29, 0.717) is 24.1 Å². The van der Waals surface area contributed by atoms with Gasteiger partial charge in [0, 0.05) is 12.1 Å². The molecule has 2 aromatic carbocycles. The lowest BCUT2D eigenvalue weighted by Gasteiger charge is -2.19. The van der Waals surface area contributed by atoms with E-state index >= 15 is 0 Å². The Hall–Kier alpha value is -2.20. The third kappa shape index (κ3) is 2.88. The highest BCUT2D eigenvalue weighted by Crippen LogP contribution is 2.25. The second-order valence-corrected chi connectivity index (χ2v) is 5.82. The molecule has 0 saturated carbocycles. The fourth-order valence-corrected chi connectivity index (χ4v) is 2.93. The van der Waals surface area contributed by atoms with Crippen molar-refractivity contribution in [2.75, 3.05) is 11.9 Å². The number of carbonyl (C=O) groups excluding carboxylic acids is 1. The molecule has 1 aliphatic heterocycles. The third-order valence-corrected chi connectivity index (χ3v) is 3.94. The van der Waals surface area contributed by atoms with Crippen molar-refractivity contribution in [2.24, 2.45) is 0 Å². The number of halogens is 1. The summed E-state index contributed by atoms with van der Waals surface area (Å²) in [5.74, 6) is -0.587. The number of carbonyl (C=O) groups is 1. The summed E-state index contributed by atoms with van der Waals surface area (Å²) in [6.07, 6.45) is 0.647. The molecule has 0 unspecified atom stereocenters. The van der Waals surface area contributed by atoms with E-state index in [9.17, 15) is 9.18 Å². The van der Waals surface area contributed by atoms with Crippen LogP contribution in [0.15, 0.2) is 30.3 Å². The summed E-state index contributed by atoms with van der Waals surface area (Å²) in [5.41, 5.74) is 4.51. The Morgan fingerprint density at radius 1 is 1.18 bits per heavy atom. The largest absolute Gasteiger partial charge is 0.319 e. The maximum atomic E-state index is 14.5. The second-order valence-electron chi connectivity index (χ2n) is 5.82. The van der Waals surface area contributed by atoms with Crippen LogP contribution in [-0.2, 0) is 13.0 Å². The quantitative estimate of drug-likeness (QED) is 0.893. The molecule has 1 amide bonds. The molecule has 3 rings (SSSR count). The van der Waals surface area contributed by atoms with Gasteiger partial charge in [-0.25, -0.2) is 4.39 Å². The lowest BCUT2D eigenvalue weighted by Crippen LogP contribution is -2.25. The van der Waals surface area contributed by atoms with E-state index < -0.39 is 0 Å². The molecule has 2 aromatic rings. The summed E-state index contributed by atoms with van der Waals surface area (Å²) < 4.78 is 14.5. The van der Waals surface area contributed by atoms with Gasteiger partial charge in [0.05, 0.1) is 5.69 Å². The van der Waals surface area contributed by atoms with Crippen molar-refractivity contribution >= 4 is 11.6 Å². The van der Waals surface area contributed by atoms with Crippen LogP contribution in [0.4, 0.5) is 10.1 Å². The molecule has 0 atom stereocenters. The standard InChI is InChI=1S/C18H19FN2O/c1-11-7-12(2)9-14(8-11)18(22)21-16-4-3-13-10-20-6-5-15(13)17(16)19/h3-4,7-9,20H,5-6,10H2,1-2H3,(H,21,22). The van der Waals surface area contributed by atoms with Gasteiger partial charge in [-0.1, -0.05) is 23.3 Å². The first-order valence-electron chi connectivity index (χ1n) is 7.45. The van der Waals surface area contributed by atoms with Gasteiger partial charge in [-0.2, -0.15) is 0 Å². The predicted molar refractivity (Wildman–Crippen MR) is 85.7 cm³/mol. The van der Waals surface area contributed by atoms with Crippen LogP contribution in [0.3, 0.4) is 0 Å². The van der Waals surface area contributed by atoms with Crippen molar-refractivity contribution < 1.29 is 9.18 Å². The molecular formula is C18H19FN2O. The van der Waals surface area contributed by atoms with Crippen LogP contribution in [0.25, 0.3) is 0 Å². The van der Waals surface area contributed by atoms with E-state index in [1.54, 1.807) is 6.07 Å². The summed E-state index contributed by atoms with van der Waals surface area (Å²) in [7, 11) is 0. The molecule has 2 N–H and O–H groups in total. The van der Waals surface area contributed by atoms with Gasteiger partial charge in [0.15, 0.2) is 0 Å². The van der Waals surface area contributed by atoms with Crippen LogP contribution >= 0.6 is 0 Å². The summed E-state index contributed by atoms with van der Waals surface area (Å²) in [5, 5.41) is 5.91. The molecule has 1 heterocycles. The van der Waals surface area contributed by atoms with Crippen molar-refractivity contribution in [2.45, 2.75) is 26.8 Å². The Kier molecular flexibility index (Phi) is 3.94. The van der Waals surface area contributed by atoms with Crippen molar-refractivity contribution in [3.63, 3.8) is 0 Å². The Morgan fingerprint density at radius 2 is 1.91 bits per heavy atom. The number of fused-ring (bicyclic) bond motifs is 1. The second kappa shape index (κ2) is 5.89. The summed E-state index contributed by atoms with van der Waals surface area (Å²) in [6.45, 7) is 5.32. The van der Waals surface area contributed by atoms with E-state index in [1.165, 1.54) is 0 Å². The Bertz CT molecular complexity index is 720. The average Bonchev–Trinajstić information content (AvgIpc) is 2.49. The van der Waals surface area contributed by atoms with Crippen LogP contribution in [0.5, 0.6) is 0 Å². The molecule has 0 aromatic heterocycles. The number of amides is 1.